The molecule has 3 aromatic rings. The van der Waals surface area contributed by atoms with Gasteiger partial charge in [0.25, 0.3) is 0 Å². The largest absolute Gasteiger partial charge is 0.489 e. The van der Waals surface area contributed by atoms with Crippen LogP contribution in [-0.4, -0.2) is 24.4 Å². The number of benzene rings is 2. The van der Waals surface area contributed by atoms with E-state index in [1.807, 2.05) is 72.7 Å². The predicted molar refractivity (Wildman–Crippen MR) is 167 cm³/mol. The normalized spacial score (nSPS) is 22.5. The molecule has 0 bridgehead atoms. The molecule has 4 rings (SSSR count). The van der Waals surface area contributed by atoms with Crippen molar-refractivity contribution in [2.75, 3.05) is 0 Å². The number of hydrogen-bond acceptors (Lipinski definition) is 5. The van der Waals surface area contributed by atoms with E-state index in [2.05, 4.69) is 0 Å². The summed E-state index contributed by atoms with van der Waals surface area (Å²) in [6, 6.07) is 14.0. The number of carbonyl (C=O) groups excluding carboxylic acids is 1. The van der Waals surface area contributed by atoms with E-state index in [9.17, 15) is 22.8 Å². The lowest BCUT2D eigenvalue weighted by Gasteiger charge is -2.45. The summed E-state index contributed by atoms with van der Waals surface area (Å²) in [5.41, 5.74) is -2.39. The van der Waals surface area contributed by atoms with Crippen LogP contribution in [0.3, 0.4) is 0 Å². The highest BCUT2D eigenvalue weighted by atomic mass is 19.4. The Hall–Kier alpha value is -3.29. The summed E-state index contributed by atoms with van der Waals surface area (Å²) in [6.07, 6.45) is -6.22. The van der Waals surface area contributed by atoms with Crippen molar-refractivity contribution >= 4 is 16.9 Å². The molecule has 4 atom stereocenters. The highest BCUT2D eigenvalue weighted by Crippen LogP contribution is 2.55. The zero-order valence-electron chi connectivity index (χ0n) is 27.3. The van der Waals surface area contributed by atoms with Crippen molar-refractivity contribution in [2.24, 2.45) is 21.7 Å². The topological polar surface area (TPSA) is 65.7 Å². The smallest absolute Gasteiger partial charge is 0.401 e. The van der Waals surface area contributed by atoms with Gasteiger partial charge in [0, 0.05) is 11.5 Å². The fourth-order valence-electron chi connectivity index (χ4n) is 6.41. The van der Waals surface area contributed by atoms with Crippen molar-refractivity contribution in [2.45, 2.75) is 106 Å². The van der Waals surface area contributed by atoms with Crippen LogP contribution in [0, 0.1) is 21.7 Å². The van der Waals surface area contributed by atoms with Gasteiger partial charge in [0.05, 0.1) is 11.0 Å². The number of rotatable bonds is 7. The summed E-state index contributed by atoms with van der Waals surface area (Å²) >= 11 is 0. The summed E-state index contributed by atoms with van der Waals surface area (Å²) in [4.78, 5) is 26.7. The molecule has 2 aromatic carbocycles. The van der Waals surface area contributed by atoms with E-state index >= 15 is 0 Å². The summed E-state index contributed by atoms with van der Waals surface area (Å²) in [7, 11) is 0. The van der Waals surface area contributed by atoms with Gasteiger partial charge in [-0.15, -0.1) is 0 Å². The van der Waals surface area contributed by atoms with Crippen LogP contribution < -0.4 is 10.4 Å². The molecule has 5 nitrogen and oxygen atoms in total. The molecule has 4 unspecified atom stereocenters. The van der Waals surface area contributed by atoms with E-state index in [1.54, 1.807) is 25.1 Å². The maximum atomic E-state index is 14.8. The third-order valence-corrected chi connectivity index (χ3v) is 9.55. The molecule has 0 N–H and O–H groups in total. The molecule has 1 saturated carbocycles. The second-order valence-electron chi connectivity index (χ2n) is 14.8. The number of fused-ring (bicyclic) bond motifs is 1. The second kappa shape index (κ2) is 11.6. The van der Waals surface area contributed by atoms with Gasteiger partial charge in [0.15, 0.2) is 0 Å². The van der Waals surface area contributed by atoms with Gasteiger partial charge < -0.3 is 13.9 Å². The van der Waals surface area contributed by atoms with Crippen molar-refractivity contribution in [3.05, 3.63) is 64.5 Å². The van der Waals surface area contributed by atoms with E-state index in [1.165, 1.54) is 6.07 Å². The van der Waals surface area contributed by atoms with Gasteiger partial charge in [-0.1, -0.05) is 72.7 Å². The van der Waals surface area contributed by atoms with E-state index in [0.717, 1.165) is 24.5 Å². The number of carbonyl (C=O) groups is 1. The average Bonchev–Trinajstić information content (AvgIpc) is 3.22. The monoisotopic (exact) mass is 614 g/mol. The Morgan fingerprint density at radius 1 is 0.932 bits per heavy atom. The number of esters is 1. The number of alkyl halides is 3. The van der Waals surface area contributed by atoms with E-state index in [-0.39, 0.29) is 29.6 Å². The first-order valence-corrected chi connectivity index (χ1v) is 15.3. The van der Waals surface area contributed by atoms with E-state index in [4.69, 9.17) is 13.9 Å². The molecule has 1 aliphatic carbocycles. The van der Waals surface area contributed by atoms with E-state index in [0.29, 0.717) is 17.4 Å². The molecule has 0 saturated heterocycles. The predicted octanol–water partition coefficient (Wildman–Crippen LogP) is 9.53. The third-order valence-electron chi connectivity index (χ3n) is 9.55. The Bertz CT molecular complexity index is 1580. The molecule has 0 aliphatic heterocycles. The van der Waals surface area contributed by atoms with Crippen molar-refractivity contribution < 1.29 is 31.9 Å². The molecular formula is C36H45F3O5. The Kier molecular flexibility index (Phi) is 8.84. The second-order valence-corrected chi connectivity index (χ2v) is 14.8. The van der Waals surface area contributed by atoms with Crippen LogP contribution in [0.2, 0.25) is 0 Å². The lowest BCUT2D eigenvalue weighted by molar-refractivity contribution is -0.266. The fraction of sp³-hybridized carbons (Fsp3) is 0.556. The van der Waals surface area contributed by atoms with E-state index < -0.39 is 46.2 Å². The maximum Gasteiger partial charge on any atom is 0.401 e. The Labute approximate surface area is 258 Å². The standard InChI is InChI=1S/C36H45F3O5/c1-10-22-13-11-12-14-25(22)26-19-23-15-16-24(20-27(23)43-30(26)40)42-28-17-18-29(35(28,9)36(37,38)39)44-31(41)34(8,33(5,6)7)21-32(2,3)4/h11-16,19-20,28-29H,10,17-18,21H2,1-9H3. The van der Waals surface area contributed by atoms with Crippen molar-refractivity contribution in [1.82, 2.24) is 0 Å². The van der Waals surface area contributed by atoms with Crippen LogP contribution in [0.15, 0.2) is 57.7 Å². The van der Waals surface area contributed by atoms with Crippen LogP contribution in [0.25, 0.3) is 22.1 Å². The van der Waals surface area contributed by atoms with Gasteiger partial charge in [-0.2, -0.15) is 13.2 Å². The SMILES string of the molecule is CCc1ccccc1-c1cc2ccc(OC3CCC(OC(=O)C(C)(CC(C)(C)C)C(C)(C)C)C3(C)C(F)(F)F)cc2oc1=O. The quantitative estimate of drug-likeness (QED) is 0.196. The molecule has 44 heavy (non-hydrogen) atoms. The zero-order valence-corrected chi connectivity index (χ0v) is 27.3. The molecule has 0 radical (unpaired) electrons. The first-order chi connectivity index (χ1) is 20.2. The van der Waals surface area contributed by atoms with Crippen LogP contribution in [0.1, 0.15) is 87.1 Å². The molecule has 1 aromatic heterocycles. The minimum Gasteiger partial charge on any atom is -0.489 e. The maximum absolute atomic E-state index is 14.8. The number of ether oxygens (including phenoxy) is 2. The van der Waals surface area contributed by atoms with Gasteiger partial charge in [0.2, 0.25) is 0 Å². The molecule has 0 spiro atoms. The Morgan fingerprint density at radius 2 is 1.57 bits per heavy atom. The highest BCUT2D eigenvalue weighted by Gasteiger charge is 2.67. The van der Waals surface area contributed by atoms with Crippen molar-refractivity contribution in [3.8, 4) is 16.9 Å². The molecule has 1 aliphatic rings. The minimum atomic E-state index is -4.72. The van der Waals surface area contributed by atoms with Gasteiger partial charge in [-0.25, -0.2) is 4.79 Å². The summed E-state index contributed by atoms with van der Waals surface area (Å²) in [5, 5.41) is 0.620. The summed E-state index contributed by atoms with van der Waals surface area (Å²) in [5.74, 6) is -0.490. The first kappa shape index (κ1) is 33.6. The molecule has 8 heteroatoms. The van der Waals surface area contributed by atoms with Gasteiger partial charge >= 0.3 is 17.8 Å². The molecule has 240 valence electrons. The summed E-state index contributed by atoms with van der Waals surface area (Å²) < 4.78 is 62.0. The lowest BCUT2D eigenvalue weighted by Crippen LogP contribution is -2.53. The van der Waals surface area contributed by atoms with Crippen LogP contribution >= 0.6 is 0 Å². The Morgan fingerprint density at radius 3 is 2.16 bits per heavy atom. The first-order valence-electron chi connectivity index (χ1n) is 15.3. The molecule has 1 fully saturated rings. The summed E-state index contributed by atoms with van der Waals surface area (Å²) in [6.45, 7) is 16.6. The Balaban J connectivity index is 1.63. The van der Waals surface area contributed by atoms with Crippen molar-refractivity contribution in [1.29, 1.82) is 0 Å². The number of halogens is 3. The fourth-order valence-corrected chi connectivity index (χ4v) is 6.41. The van der Waals surface area contributed by atoms with Crippen LogP contribution in [0.5, 0.6) is 5.75 Å². The number of aryl methyl sites for hydroxylation is 1. The van der Waals surface area contributed by atoms with Gasteiger partial charge in [-0.05, 0) is 79.7 Å². The highest BCUT2D eigenvalue weighted by molar-refractivity contribution is 5.83. The van der Waals surface area contributed by atoms with Crippen LogP contribution in [-0.2, 0) is 16.0 Å². The third kappa shape index (κ3) is 6.27. The van der Waals surface area contributed by atoms with Gasteiger partial charge in [0.1, 0.15) is 29.0 Å². The van der Waals surface area contributed by atoms with Gasteiger partial charge in [-0.3, -0.25) is 4.79 Å². The van der Waals surface area contributed by atoms with Crippen LogP contribution in [0.4, 0.5) is 13.2 Å². The average molecular weight is 615 g/mol. The van der Waals surface area contributed by atoms with Crippen molar-refractivity contribution in [3.63, 3.8) is 0 Å². The minimum absolute atomic E-state index is 0.00498. The molecule has 0 amide bonds. The zero-order chi connectivity index (χ0) is 32.9. The molecule has 1 heterocycles. The number of hydrogen-bond donors (Lipinski definition) is 0. The lowest BCUT2D eigenvalue weighted by atomic mass is 9.61. The molecular weight excluding hydrogens is 569 g/mol.